The van der Waals surface area contributed by atoms with Crippen molar-refractivity contribution in [2.45, 2.75) is 0 Å². The highest BCUT2D eigenvalue weighted by atomic mass is 16.4. The zero-order valence-electron chi connectivity index (χ0n) is 11.5. The Labute approximate surface area is 126 Å². The van der Waals surface area contributed by atoms with Gasteiger partial charge < -0.3 is 10.4 Å². The molecule has 0 aliphatic rings. The summed E-state index contributed by atoms with van der Waals surface area (Å²) in [6.45, 7) is 0. The number of aromatic carboxylic acids is 1. The van der Waals surface area contributed by atoms with Crippen LogP contribution in [0.25, 0.3) is 10.9 Å². The fourth-order valence-corrected chi connectivity index (χ4v) is 2.22. The lowest BCUT2D eigenvalue weighted by Gasteiger charge is -2.08. The zero-order valence-corrected chi connectivity index (χ0v) is 11.5. The number of benzene rings is 2. The first kappa shape index (κ1) is 13.8. The van der Waals surface area contributed by atoms with Crippen LogP contribution in [0.15, 0.2) is 60.8 Å². The molecule has 5 heteroatoms. The van der Waals surface area contributed by atoms with E-state index in [-0.39, 0.29) is 11.1 Å². The minimum Gasteiger partial charge on any atom is -0.478 e. The summed E-state index contributed by atoms with van der Waals surface area (Å²) in [4.78, 5) is 27.7. The van der Waals surface area contributed by atoms with E-state index in [1.54, 1.807) is 36.5 Å². The number of nitrogens with zero attached hydrogens (tertiary/aromatic N) is 1. The molecule has 0 aliphatic heterocycles. The Kier molecular flexibility index (Phi) is 3.53. The van der Waals surface area contributed by atoms with Gasteiger partial charge in [-0.15, -0.1) is 0 Å². The molecule has 22 heavy (non-hydrogen) atoms. The van der Waals surface area contributed by atoms with E-state index < -0.39 is 11.9 Å². The third kappa shape index (κ3) is 2.64. The fourth-order valence-electron chi connectivity index (χ4n) is 2.22. The lowest BCUT2D eigenvalue weighted by atomic mass is 10.1. The molecule has 0 unspecified atom stereocenters. The van der Waals surface area contributed by atoms with Crippen molar-refractivity contribution in [3.63, 3.8) is 0 Å². The fraction of sp³-hybridized carbons (Fsp3) is 0. The van der Waals surface area contributed by atoms with Gasteiger partial charge in [0.05, 0.1) is 16.6 Å². The number of amides is 1. The van der Waals surface area contributed by atoms with E-state index in [0.717, 1.165) is 10.9 Å². The number of pyridine rings is 1. The minimum absolute atomic E-state index is 0.0255. The largest absolute Gasteiger partial charge is 0.478 e. The van der Waals surface area contributed by atoms with Crippen molar-refractivity contribution < 1.29 is 14.7 Å². The van der Waals surface area contributed by atoms with Crippen LogP contribution in [0.4, 0.5) is 5.69 Å². The Morgan fingerprint density at radius 3 is 2.50 bits per heavy atom. The van der Waals surface area contributed by atoms with Crippen LogP contribution in [-0.2, 0) is 0 Å². The zero-order chi connectivity index (χ0) is 15.5. The molecule has 108 valence electrons. The van der Waals surface area contributed by atoms with Gasteiger partial charge in [-0.3, -0.25) is 9.78 Å². The maximum atomic E-state index is 12.3. The average molecular weight is 292 g/mol. The van der Waals surface area contributed by atoms with Crippen molar-refractivity contribution in [3.8, 4) is 0 Å². The van der Waals surface area contributed by atoms with Gasteiger partial charge in [0.2, 0.25) is 0 Å². The molecule has 5 nitrogen and oxygen atoms in total. The van der Waals surface area contributed by atoms with E-state index >= 15 is 0 Å². The number of carboxylic acid groups (broad SMARTS) is 1. The summed E-state index contributed by atoms with van der Waals surface area (Å²) >= 11 is 0. The number of fused-ring (bicyclic) bond motifs is 1. The first-order chi connectivity index (χ1) is 10.6. The number of carboxylic acids is 1. The Balaban J connectivity index is 1.91. The molecule has 1 aromatic heterocycles. The van der Waals surface area contributed by atoms with Crippen LogP contribution < -0.4 is 5.32 Å². The standard InChI is InChI=1S/C17H12N2O3/c20-16(13-5-1-2-6-14(13)17(21)22)19-12-7-8-15-11(10-12)4-3-9-18-15/h1-10H,(H,19,20)(H,21,22). The highest BCUT2D eigenvalue weighted by molar-refractivity contribution is 6.11. The summed E-state index contributed by atoms with van der Waals surface area (Å²) in [5, 5.41) is 12.7. The quantitative estimate of drug-likeness (QED) is 0.777. The molecule has 3 rings (SSSR count). The van der Waals surface area contributed by atoms with Crippen molar-refractivity contribution >= 4 is 28.5 Å². The predicted molar refractivity (Wildman–Crippen MR) is 83.1 cm³/mol. The molecule has 2 N–H and O–H groups in total. The second-order valence-electron chi connectivity index (χ2n) is 4.72. The van der Waals surface area contributed by atoms with Crippen LogP contribution >= 0.6 is 0 Å². The van der Waals surface area contributed by atoms with Crippen LogP contribution in [0.1, 0.15) is 20.7 Å². The third-order valence-corrected chi connectivity index (χ3v) is 3.26. The Morgan fingerprint density at radius 2 is 1.73 bits per heavy atom. The van der Waals surface area contributed by atoms with Gasteiger partial charge in [0.25, 0.3) is 5.91 Å². The van der Waals surface area contributed by atoms with Gasteiger partial charge >= 0.3 is 5.97 Å². The molecule has 0 saturated heterocycles. The van der Waals surface area contributed by atoms with E-state index in [0.29, 0.717) is 5.69 Å². The maximum absolute atomic E-state index is 12.3. The van der Waals surface area contributed by atoms with Crippen LogP contribution in [0, 0.1) is 0 Å². The van der Waals surface area contributed by atoms with Gasteiger partial charge in [0.1, 0.15) is 0 Å². The highest BCUT2D eigenvalue weighted by Gasteiger charge is 2.15. The minimum atomic E-state index is -1.13. The summed E-state index contributed by atoms with van der Waals surface area (Å²) in [5.74, 6) is -1.59. The second-order valence-corrected chi connectivity index (χ2v) is 4.72. The molecule has 0 radical (unpaired) electrons. The van der Waals surface area contributed by atoms with Gasteiger partial charge in [-0.2, -0.15) is 0 Å². The second kappa shape index (κ2) is 5.65. The average Bonchev–Trinajstić information content (AvgIpc) is 2.54. The van der Waals surface area contributed by atoms with Crippen molar-refractivity contribution in [2.24, 2.45) is 0 Å². The first-order valence-corrected chi connectivity index (χ1v) is 6.63. The Bertz CT molecular complexity index is 874. The topological polar surface area (TPSA) is 79.3 Å². The molecule has 3 aromatic rings. The van der Waals surface area contributed by atoms with E-state index in [4.69, 9.17) is 5.11 Å². The lowest BCUT2D eigenvalue weighted by Crippen LogP contribution is -2.16. The van der Waals surface area contributed by atoms with Gasteiger partial charge in [-0.1, -0.05) is 18.2 Å². The number of nitrogens with one attached hydrogen (secondary N) is 1. The summed E-state index contributed by atoms with van der Waals surface area (Å²) in [6.07, 6.45) is 1.70. The van der Waals surface area contributed by atoms with E-state index in [1.165, 1.54) is 12.1 Å². The smallest absolute Gasteiger partial charge is 0.336 e. The van der Waals surface area contributed by atoms with Crippen molar-refractivity contribution in [2.75, 3.05) is 5.32 Å². The van der Waals surface area contributed by atoms with Crippen molar-refractivity contribution in [1.29, 1.82) is 0 Å². The molecule has 2 aromatic carbocycles. The maximum Gasteiger partial charge on any atom is 0.336 e. The number of carbonyl (C=O) groups excluding carboxylic acids is 1. The molecule has 0 atom stereocenters. The predicted octanol–water partition coefficient (Wildman–Crippen LogP) is 3.19. The van der Waals surface area contributed by atoms with Gasteiger partial charge in [0.15, 0.2) is 0 Å². The number of hydrogen-bond acceptors (Lipinski definition) is 3. The number of hydrogen-bond donors (Lipinski definition) is 2. The van der Waals surface area contributed by atoms with Gasteiger partial charge in [-0.25, -0.2) is 4.79 Å². The van der Waals surface area contributed by atoms with E-state index in [1.807, 2.05) is 12.1 Å². The number of rotatable bonds is 3. The van der Waals surface area contributed by atoms with Gasteiger partial charge in [-0.05, 0) is 36.4 Å². The molecule has 0 saturated carbocycles. The summed E-state index contributed by atoms with van der Waals surface area (Å²) in [7, 11) is 0. The Morgan fingerprint density at radius 1 is 0.955 bits per heavy atom. The number of aromatic nitrogens is 1. The van der Waals surface area contributed by atoms with Crippen LogP contribution in [0.5, 0.6) is 0 Å². The molecule has 0 bridgehead atoms. The monoisotopic (exact) mass is 292 g/mol. The molecule has 0 aliphatic carbocycles. The normalized spacial score (nSPS) is 10.4. The molecule has 0 spiro atoms. The molecule has 1 amide bonds. The van der Waals surface area contributed by atoms with E-state index in [9.17, 15) is 9.59 Å². The molecular formula is C17H12N2O3. The Hall–Kier alpha value is -3.21. The summed E-state index contributed by atoms with van der Waals surface area (Å²) < 4.78 is 0. The van der Waals surface area contributed by atoms with E-state index in [2.05, 4.69) is 10.3 Å². The van der Waals surface area contributed by atoms with Crippen LogP contribution in [0.3, 0.4) is 0 Å². The SMILES string of the molecule is O=C(O)c1ccccc1C(=O)Nc1ccc2ncccc2c1. The number of anilines is 1. The first-order valence-electron chi connectivity index (χ1n) is 6.63. The third-order valence-electron chi connectivity index (χ3n) is 3.26. The molecule has 1 heterocycles. The lowest BCUT2D eigenvalue weighted by molar-refractivity contribution is 0.0692. The molecular weight excluding hydrogens is 280 g/mol. The van der Waals surface area contributed by atoms with Crippen molar-refractivity contribution in [1.82, 2.24) is 4.98 Å². The molecule has 0 fully saturated rings. The van der Waals surface area contributed by atoms with Crippen LogP contribution in [-0.4, -0.2) is 22.0 Å². The van der Waals surface area contributed by atoms with Gasteiger partial charge in [0, 0.05) is 17.3 Å². The van der Waals surface area contributed by atoms with Crippen molar-refractivity contribution in [3.05, 3.63) is 71.9 Å². The van der Waals surface area contributed by atoms with Crippen LogP contribution in [0.2, 0.25) is 0 Å². The number of carbonyl (C=O) groups is 2. The summed E-state index contributed by atoms with van der Waals surface area (Å²) in [6, 6.07) is 15.1. The summed E-state index contributed by atoms with van der Waals surface area (Å²) in [5.41, 5.74) is 1.51. The highest BCUT2D eigenvalue weighted by Crippen LogP contribution is 2.18.